The van der Waals surface area contributed by atoms with Gasteiger partial charge in [-0.25, -0.2) is 4.79 Å². The van der Waals surface area contributed by atoms with E-state index >= 15 is 0 Å². The summed E-state index contributed by atoms with van der Waals surface area (Å²) in [5, 5.41) is 12.5. The van der Waals surface area contributed by atoms with Crippen molar-refractivity contribution in [2.45, 2.75) is 56.3 Å². The molecule has 144 valence electrons. The molecule has 2 unspecified atom stereocenters. The summed E-state index contributed by atoms with van der Waals surface area (Å²) < 4.78 is 38.7. The number of urea groups is 1. The Morgan fingerprint density at radius 2 is 1.93 bits per heavy atom. The summed E-state index contributed by atoms with van der Waals surface area (Å²) in [4.78, 5) is 14.1. The molecule has 2 amide bonds. The number of likely N-dealkylation sites (tertiary alicyclic amines) is 1. The molecule has 1 aromatic rings. The van der Waals surface area contributed by atoms with Gasteiger partial charge in [-0.2, -0.15) is 18.4 Å². The van der Waals surface area contributed by atoms with Crippen LogP contribution in [0.3, 0.4) is 0 Å². The van der Waals surface area contributed by atoms with Crippen LogP contribution in [0.1, 0.15) is 43.6 Å². The molecule has 2 bridgehead atoms. The first-order chi connectivity index (χ1) is 12.8. The van der Waals surface area contributed by atoms with Crippen LogP contribution in [0.25, 0.3) is 0 Å². The molecule has 1 heterocycles. The summed E-state index contributed by atoms with van der Waals surface area (Å²) in [5.41, 5.74) is 1.40. The van der Waals surface area contributed by atoms with Gasteiger partial charge in [0.15, 0.2) is 0 Å². The maximum atomic E-state index is 12.9. The van der Waals surface area contributed by atoms with Crippen molar-refractivity contribution in [2.75, 3.05) is 5.32 Å². The molecule has 2 saturated carbocycles. The van der Waals surface area contributed by atoms with Crippen molar-refractivity contribution in [2.24, 2.45) is 11.8 Å². The molecule has 1 N–H and O–H groups in total. The first-order valence-corrected chi connectivity index (χ1v) is 9.51. The fourth-order valence-electron chi connectivity index (χ4n) is 4.59. The van der Waals surface area contributed by atoms with E-state index in [0.29, 0.717) is 17.1 Å². The normalized spacial score (nSPS) is 32.1. The number of fused-ring (bicyclic) bond motifs is 2. The summed E-state index contributed by atoms with van der Waals surface area (Å²) in [5.74, 6) is -1.31. The van der Waals surface area contributed by atoms with E-state index < -0.39 is 12.1 Å². The second-order valence-electron chi connectivity index (χ2n) is 7.75. The molecule has 3 fully saturated rings. The number of anilines is 1. The fourth-order valence-corrected chi connectivity index (χ4v) is 4.85. The quantitative estimate of drug-likeness (QED) is 0.735. The fraction of sp³-hybridized carbons (Fsp3) is 0.579. The summed E-state index contributed by atoms with van der Waals surface area (Å²) in [6.07, 6.45) is -1.88. The lowest BCUT2D eigenvalue weighted by Crippen LogP contribution is -2.65. The molecule has 1 saturated heterocycles. The van der Waals surface area contributed by atoms with Crippen LogP contribution in [0.4, 0.5) is 23.7 Å². The number of nitrogens with zero attached hydrogens (tertiary/aromatic N) is 2. The molecule has 1 aliphatic heterocycles. The molecular formula is C19H19ClF3N3O. The van der Waals surface area contributed by atoms with Crippen LogP contribution >= 0.6 is 11.6 Å². The van der Waals surface area contributed by atoms with Crippen molar-refractivity contribution in [3.63, 3.8) is 0 Å². The first-order valence-electron chi connectivity index (χ1n) is 9.13. The molecular weight excluding hydrogens is 379 g/mol. The highest BCUT2D eigenvalue weighted by molar-refractivity contribution is 6.31. The van der Waals surface area contributed by atoms with Crippen molar-refractivity contribution < 1.29 is 18.0 Å². The molecule has 4 nitrogen and oxygen atoms in total. The number of benzene rings is 1. The van der Waals surface area contributed by atoms with E-state index in [1.807, 2.05) is 0 Å². The Morgan fingerprint density at radius 3 is 2.48 bits per heavy atom. The van der Waals surface area contributed by atoms with Gasteiger partial charge in [-0.3, -0.25) is 0 Å². The van der Waals surface area contributed by atoms with Gasteiger partial charge >= 0.3 is 12.2 Å². The van der Waals surface area contributed by atoms with Gasteiger partial charge in [0.1, 0.15) is 0 Å². The first kappa shape index (κ1) is 18.4. The molecule has 0 radical (unpaired) electrons. The third kappa shape index (κ3) is 3.25. The third-order valence-corrected chi connectivity index (χ3v) is 6.57. The predicted octanol–water partition coefficient (Wildman–Crippen LogP) is 5.30. The zero-order valence-corrected chi connectivity index (χ0v) is 15.2. The zero-order chi connectivity index (χ0) is 19.3. The lowest BCUT2D eigenvalue weighted by molar-refractivity contribution is -0.205. The van der Waals surface area contributed by atoms with E-state index in [-0.39, 0.29) is 42.8 Å². The number of rotatable bonds is 2. The van der Waals surface area contributed by atoms with Crippen molar-refractivity contribution in [3.05, 3.63) is 28.8 Å². The van der Waals surface area contributed by atoms with Crippen LogP contribution in [0.15, 0.2) is 18.2 Å². The van der Waals surface area contributed by atoms with E-state index in [1.54, 1.807) is 18.2 Å². The smallest absolute Gasteiger partial charge is 0.318 e. The van der Waals surface area contributed by atoms with Gasteiger partial charge in [0.05, 0.1) is 17.9 Å². The maximum absolute atomic E-state index is 12.9. The topological polar surface area (TPSA) is 56.1 Å². The van der Waals surface area contributed by atoms with Crippen LogP contribution in [0, 0.1) is 23.2 Å². The summed E-state index contributed by atoms with van der Waals surface area (Å²) >= 11 is 6.26. The predicted molar refractivity (Wildman–Crippen MR) is 94.4 cm³/mol. The van der Waals surface area contributed by atoms with E-state index in [0.717, 1.165) is 18.4 Å². The number of nitrogens with one attached hydrogen (secondary N) is 1. The summed E-state index contributed by atoms with van der Waals surface area (Å²) in [6, 6.07) is 6.35. The molecule has 4 atom stereocenters. The minimum absolute atomic E-state index is 0.0226. The van der Waals surface area contributed by atoms with Crippen LogP contribution in [-0.4, -0.2) is 29.2 Å². The van der Waals surface area contributed by atoms with Gasteiger partial charge in [0, 0.05) is 28.7 Å². The Kier molecular flexibility index (Phi) is 4.50. The number of hydrogen-bond donors (Lipinski definition) is 1. The van der Waals surface area contributed by atoms with Gasteiger partial charge in [0.2, 0.25) is 0 Å². The van der Waals surface area contributed by atoms with Gasteiger partial charge in [-0.1, -0.05) is 11.6 Å². The number of carbonyl (C=O) groups is 1. The number of hydrogen-bond acceptors (Lipinski definition) is 2. The van der Waals surface area contributed by atoms with Gasteiger partial charge < -0.3 is 10.2 Å². The van der Waals surface area contributed by atoms with E-state index in [2.05, 4.69) is 11.4 Å². The zero-order valence-electron chi connectivity index (χ0n) is 14.5. The Balaban J connectivity index is 1.43. The number of carbonyl (C=O) groups excluding carboxylic acids is 1. The number of piperidine rings is 1. The van der Waals surface area contributed by atoms with Crippen molar-refractivity contribution >= 4 is 23.3 Å². The maximum Gasteiger partial charge on any atom is 0.391 e. The van der Waals surface area contributed by atoms with Crippen molar-refractivity contribution in [1.29, 1.82) is 5.26 Å². The number of amides is 2. The second kappa shape index (κ2) is 6.59. The van der Waals surface area contributed by atoms with Crippen molar-refractivity contribution in [1.82, 2.24) is 4.90 Å². The van der Waals surface area contributed by atoms with Crippen LogP contribution < -0.4 is 5.32 Å². The lowest BCUT2D eigenvalue weighted by atomic mass is 9.71. The van der Waals surface area contributed by atoms with E-state index in [4.69, 9.17) is 16.9 Å². The molecule has 4 rings (SSSR count). The third-order valence-electron chi connectivity index (χ3n) is 6.23. The van der Waals surface area contributed by atoms with Crippen molar-refractivity contribution in [3.8, 4) is 6.07 Å². The summed E-state index contributed by atoms with van der Waals surface area (Å²) in [7, 11) is 0. The molecule has 27 heavy (non-hydrogen) atoms. The SMILES string of the molecule is N#C[C@@H]1CC[C@@H]1c1cc(NC(=O)N2C3CC2CC(C(F)(F)F)C3)ccc1Cl. The summed E-state index contributed by atoms with van der Waals surface area (Å²) in [6.45, 7) is 0. The number of halogens is 4. The Labute approximate surface area is 160 Å². The van der Waals surface area contributed by atoms with Crippen LogP contribution in [0.5, 0.6) is 0 Å². The van der Waals surface area contributed by atoms with Gasteiger partial charge in [0.25, 0.3) is 0 Å². The minimum Gasteiger partial charge on any atom is -0.318 e. The lowest BCUT2D eigenvalue weighted by Gasteiger charge is -2.55. The van der Waals surface area contributed by atoms with E-state index in [1.165, 1.54) is 4.90 Å². The number of alkyl halides is 3. The van der Waals surface area contributed by atoms with Crippen LogP contribution in [0.2, 0.25) is 5.02 Å². The van der Waals surface area contributed by atoms with E-state index in [9.17, 15) is 18.0 Å². The molecule has 0 spiro atoms. The Bertz CT molecular complexity index is 794. The molecule has 8 heteroatoms. The standard InChI is InChI=1S/C19H19ClF3N3O/c20-17-4-2-12(7-16(17)15-3-1-10(15)9-24)25-18(27)26-13-5-11(19(21,22)23)6-14(26)8-13/h2,4,7,10-11,13-15H,1,3,5-6,8H2,(H,25,27)/t10-,11?,13?,14?,15-/m0/s1. The minimum atomic E-state index is -4.19. The number of nitriles is 1. The average Bonchev–Trinajstić information content (AvgIpc) is 2.56. The molecule has 1 aromatic carbocycles. The van der Waals surface area contributed by atoms with Gasteiger partial charge in [-0.15, -0.1) is 0 Å². The highest BCUT2D eigenvalue weighted by Crippen LogP contribution is 2.48. The highest BCUT2D eigenvalue weighted by Gasteiger charge is 2.54. The van der Waals surface area contributed by atoms with Crippen LogP contribution in [-0.2, 0) is 0 Å². The average molecular weight is 398 g/mol. The Morgan fingerprint density at radius 1 is 1.22 bits per heavy atom. The highest BCUT2D eigenvalue weighted by atomic mass is 35.5. The molecule has 0 aromatic heterocycles. The second-order valence-corrected chi connectivity index (χ2v) is 8.15. The molecule has 3 aliphatic rings. The monoisotopic (exact) mass is 397 g/mol. The Hall–Kier alpha value is -1.94. The largest absolute Gasteiger partial charge is 0.391 e. The molecule has 2 aliphatic carbocycles. The van der Waals surface area contributed by atoms with Gasteiger partial charge in [-0.05, 0) is 55.9 Å².